The van der Waals surface area contributed by atoms with E-state index in [0.717, 1.165) is 18.4 Å². The predicted octanol–water partition coefficient (Wildman–Crippen LogP) is 4.30. The fourth-order valence-electron chi connectivity index (χ4n) is 4.88. The van der Waals surface area contributed by atoms with Gasteiger partial charge in [0.1, 0.15) is 5.54 Å². The number of nitrogens with zero attached hydrogens (tertiary/aromatic N) is 1. The molecule has 1 saturated carbocycles. The molecule has 2 N–H and O–H groups in total. The number of esters is 1. The zero-order chi connectivity index (χ0) is 25.3. The summed E-state index contributed by atoms with van der Waals surface area (Å²) in [4.78, 5) is 53.1. The molecule has 0 atom stereocenters. The van der Waals surface area contributed by atoms with Crippen LogP contribution in [-0.4, -0.2) is 35.8 Å². The van der Waals surface area contributed by atoms with Crippen LogP contribution in [0.15, 0.2) is 65.3 Å². The molecule has 2 heterocycles. The molecule has 0 radical (unpaired) electrons. The first-order chi connectivity index (χ1) is 17.4. The normalized spacial score (nSPS) is 15.8. The molecule has 184 valence electrons. The average molecular weight is 488 g/mol. The number of fused-ring (bicyclic) bond motifs is 1. The smallest absolute Gasteiger partial charge is 0.338 e. The summed E-state index contributed by atoms with van der Waals surface area (Å²) in [5.74, 6) is -1.71. The third kappa shape index (κ3) is 4.13. The largest absolute Gasteiger partial charge is 0.459 e. The van der Waals surface area contributed by atoms with Gasteiger partial charge in [0.05, 0.1) is 23.2 Å². The molecule has 1 spiro atoms. The van der Waals surface area contributed by atoms with Crippen LogP contribution in [0.4, 0.5) is 17.1 Å². The number of hydrogen-bond donors (Lipinski definition) is 2. The number of hydrogen-bond acceptors (Lipinski definition) is 6. The standard InChI is InChI=1S/C27H25N3O6/c1-17-10-11-18(15-20(17)28-24(32)22-9-6-14-35-22)25(33)36-16-23(31)30-21-8-3-2-7-19(21)29-26(34)27(30)12-4-5-13-27/h2-3,6-11,14-15H,4-5,12-13,16H2,1H3,(H,28,32)(H,29,34). The number of rotatable bonds is 5. The van der Waals surface area contributed by atoms with Crippen molar-refractivity contribution in [3.05, 3.63) is 77.7 Å². The number of carbonyl (C=O) groups is 4. The monoisotopic (exact) mass is 487 g/mol. The van der Waals surface area contributed by atoms with Crippen molar-refractivity contribution < 1.29 is 28.3 Å². The summed E-state index contributed by atoms with van der Waals surface area (Å²) >= 11 is 0. The van der Waals surface area contributed by atoms with E-state index in [1.165, 1.54) is 23.3 Å². The molecule has 3 amide bonds. The van der Waals surface area contributed by atoms with Gasteiger partial charge in [-0.05, 0) is 61.7 Å². The second-order valence-electron chi connectivity index (χ2n) is 8.98. The van der Waals surface area contributed by atoms with Crippen molar-refractivity contribution in [3.63, 3.8) is 0 Å². The average Bonchev–Trinajstić information content (AvgIpc) is 3.58. The second kappa shape index (κ2) is 9.33. The number of amides is 3. The maximum Gasteiger partial charge on any atom is 0.338 e. The zero-order valence-corrected chi connectivity index (χ0v) is 19.7. The lowest BCUT2D eigenvalue weighted by atomic mass is 9.90. The molecule has 1 aromatic heterocycles. The van der Waals surface area contributed by atoms with Crippen LogP contribution in [0, 0.1) is 6.92 Å². The van der Waals surface area contributed by atoms with E-state index in [9.17, 15) is 19.2 Å². The molecule has 0 saturated heterocycles. The zero-order valence-electron chi connectivity index (χ0n) is 19.7. The fourth-order valence-corrected chi connectivity index (χ4v) is 4.88. The summed E-state index contributed by atoms with van der Waals surface area (Å²) in [6, 6.07) is 15.0. The van der Waals surface area contributed by atoms with Crippen LogP contribution in [0.3, 0.4) is 0 Å². The number of anilines is 3. The number of carbonyl (C=O) groups excluding carboxylic acids is 4. The van der Waals surface area contributed by atoms with Crippen LogP contribution < -0.4 is 15.5 Å². The molecule has 3 aromatic rings. The fraction of sp³-hybridized carbons (Fsp3) is 0.259. The van der Waals surface area contributed by atoms with Gasteiger partial charge in [0.15, 0.2) is 12.4 Å². The quantitative estimate of drug-likeness (QED) is 0.518. The van der Waals surface area contributed by atoms with E-state index in [1.807, 2.05) is 0 Å². The van der Waals surface area contributed by atoms with Gasteiger partial charge in [-0.3, -0.25) is 19.3 Å². The molecule has 0 unspecified atom stereocenters. The highest BCUT2D eigenvalue weighted by Gasteiger charge is 2.52. The van der Waals surface area contributed by atoms with Crippen molar-refractivity contribution in [1.82, 2.24) is 0 Å². The van der Waals surface area contributed by atoms with Crippen LogP contribution in [-0.2, 0) is 14.3 Å². The lowest BCUT2D eigenvalue weighted by molar-refractivity contribution is -0.129. The van der Waals surface area contributed by atoms with Crippen LogP contribution in [0.5, 0.6) is 0 Å². The molecule has 1 fully saturated rings. The maximum atomic E-state index is 13.4. The van der Waals surface area contributed by atoms with Crippen LogP contribution in [0.1, 0.15) is 52.2 Å². The van der Waals surface area contributed by atoms with Crippen LogP contribution >= 0.6 is 0 Å². The number of aryl methyl sites for hydroxylation is 1. The van der Waals surface area contributed by atoms with Crippen molar-refractivity contribution in [1.29, 1.82) is 0 Å². The van der Waals surface area contributed by atoms with Crippen LogP contribution in [0.25, 0.3) is 0 Å². The Morgan fingerprint density at radius 1 is 1.08 bits per heavy atom. The Hall–Kier alpha value is -4.40. The van der Waals surface area contributed by atoms with Gasteiger partial charge in [-0.25, -0.2) is 4.79 Å². The minimum absolute atomic E-state index is 0.139. The molecule has 0 bridgehead atoms. The van der Waals surface area contributed by atoms with Gasteiger partial charge in [0.25, 0.3) is 17.7 Å². The van der Waals surface area contributed by atoms with Crippen molar-refractivity contribution in [2.75, 3.05) is 22.1 Å². The first-order valence-corrected chi connectivity index (χ1v) is 11.8. The highest BCUT2D eigenvalue weighted by molar-refractivity contribution is 6.15. The Bertz CT molecular complexity index is 1340. The summed E-state index contributed by atoms with van der Waals surface area (Å²) in [6.07, 6.45) is 4.14. The van der Waals surface area contributed by atoms with Gasteiger partial charge in [0, 0.05) is 5.69 Å². The van der Waals surface area contributed by atoms with Crippen molar-refractivity contribution in [3.8, 4) is 0 Å². The van der Waals surface area contributed by atoms with E-state index in [0.29, 0.717) is 29.9 Å². The molecule has 1 aliphatic heterocycles. The SMILES string of the molecule is Cc1ccc(C(=O)OCC(=O)N2c3ccccc3NC(=O)C23CCCC3)cc1NC(=O)c1ccco1. The molecule has 9 heteroatoms. The highest BCUT2D eigenvalue weighted by Crippen LogP contribution is 2.45. The van der Waals surface area contributed by atoms with Crippen molar-refractivity contribution in [2.45, 2.75) is 38.1 Å². The van der Waals surface area contributed by atoms with Gasteiger partial charge >= 0.3 is 5.97 Å². The Morgan fingerprint density at radius 2 is 1.86 bits per heavy atom. The van der Waals surface area contributed by atoms with Gasteiger partial charge in [0.2, 0.25) is 0 Å². The minimum atomic E-state index is -0.981. The second-order valence-corrected chi connectivity index (χ2v) is 8.98. The van der Waals surface area contributed by atoms with E-state index in [4.69, 9.17) is 9.15 Å². The topological polar surface area (TPSA) is 118 Å². The van der Waals surface area contributed by atoms with Gasteiger partial charge in [-0.15, -0.1) is 0 Å². The molecular weight excluding hydrogens is 462 g/mol. The van der Waals surface area contributed by atoms with Crippen molar-refractivity contribution >= 4 is 40.8 Å². The Balaban J connectivity index is 1.32. The van der Waals surface area contributed by atoms with Gasteiger partial charge in [-0.2, -0.15) is 0 Å². The summed E-state index contributed by atoms with van der Waals surface area (Å²) < 4.78 is 10.5. The van der Waals surface area contributed by atoms with Gasteiger partial charge < -0.3 is 19.8 Å². The lowest BCUT2D eigenvalue weighted by Gasteiger charge is -2.44. The number of furan rings is 1. The number of para-hydroxylation sites is 2. The molecule has 5 rings (SSSR count). The Labute approximate surface area is 207 Å². The lowest BCUT2D eigenvalue weighted by Crippen LogP contribution is -2.61. The maximum absolute atomic E-state index is 13.4. The molecule has 36 heavy (non-hydrogen) atoms. The first kappa shape index (κ1) is 23.3. The van der Waals surface area contributed by atoms with E-state index in [1.54, 1.807) is 49.4 Å². The minimum Gasteiger partial charge on any atom is -0.459 e. The summed E-state index contributed by atoms with van der Waals surface area (Å²) in [7, 11) is 0. The summed E-state index contributed by atoms with van der Waals surface area (Å²) in [5, 5.41) is 5.64. The number of benzene rings is 2. The van der Waals surface area contributed by atoms with Gasteiger partial charge in [-0.1, -0.05) is 31.0 Å². The summed E-state index contributed by atoms with van der Waals surface area (Å²) in [5.41, 5.74) is 1.50. The van der Waals surface area contributed by atoms with Crippen molar-refractivity contribution in [2.24, 2.45) is 0 Å². The molecule has 2 aliphatic rings. The summed E-state index contributed by atoms with van der Waals surface area (Å²) in [6.45, 7) is 1.26. The molecule has 1 aliphatic carbocycles. The van der Waals surface area contributed by atoms with E-state index in [-0.39, 0.29) is 17.2 Å². The Morgan fingerprint density at radius 3 is 2.61 bits per heavy atom. The third-order valence-corrected chi connectivity index (χ3v) is 6.72. The van der Waals surface area contributed by atoms with Crippen LogP contribution in [0.2, 0.25) is 0 Å². The van der Waals surface area contributed by atoms with E-state index in [2.05, 4.69) is 10.6 Å². The Kier molecular flexibility index (Phi) is 6.05. The highest BCUT2D eigenvalue weighted by atomic mass is 16.5. The molecule has 9 nitrogen and oxygen atoms in total. The number of nitrogens with one attached hydrogen (secondary N) is 2. The molecule has 2 aromatic carbocycles. The van der Waals surface area contributed by atoms with E-state index < -0.39 is 29.9 Å². The third-order valence-electron chi connectivity index (χ3n) is 6.72. The predicted molar refractivity (Wildman–Crippen MR) is 132 cm³/mol. The first-order valence-electron chi connectivity index (χ1n) is 11.8. The van der Waals surface area contributed by atoms with E-state index >= 15 is 0 Å². The molecular formula is C27H25N3O6. The number of ether oxygens (including phenoxy) is 1.